The molecule has 2 rings (SSSR count). The summed E-state index contributed by atoms with van der Waals surface area (Å²) in [5, 5.41) is 5.55. The van der Waals surface area contributed by atoms with E-state index in [1.54, 1.807) is 6.20 Å². The number of carbonyl (C=O) groups is 1. The average molecular weight is 263 g/mol. The third-order valence-electron chi connectivity index (χ3n) is 3.18. The zero-order valence-electron chi connectivity index (χ0n) is 11.3. The van der Waals surface area contributed by atoms with E-state index in [4.69, 9.17) is 4.74 Å². The van der Waals surface area contributed by atoms with Gasteiger partial charge in [-0.1, -0.05) is 0 Å². The molecular weight excluding hydrogens is 242 g/mol. The van der Waals surface area contributed by atoms with Crippen molar-refractivity contribution < 1.29 is 9.53 Å². The lowest BCUT2D eigenvalue weighted by Crippen LogP contribution is -2.32. The van der Waals surface area contributed by atoms with Gasteiger partial charge in [0.2, 0.25) is 0 Å². The maximum atomic E-state index is 11.7. The normalized spacial score (nSPS) is 18.9. The highest BCUT2D eigenvalue weighted by molar-refractivity contribution is 5.88. The second-order valence-electron chi connectivity index (χ2n) is 4.88. The number of urea groups is 1. The maximum absolute atomic E-state index is 11.7. The summed E-state index contributed by atoms with van der Waals surface area (Å²) in [5.41, 5.74) is 1.07. The molecule has 1 aromatic rings. The van der Waals surface area contributed by atoms with Crippen LogP contribution < -0.4 is 10.6 Å². The number of carbonyl (C=O) groups excluding carboxylic acids is 1. The summed E-state index contributed by atoms with van der Waals surface area (Å²) in [6, 6.07) is 3.52. The van der Waals surface area contributed by atoms with Crippen LogP contribution in [0.3, 0.4) is 0 Å². The average Bonchev–Trinajstić information content (AvgIpc) is 2.40. The Hall–Kier alpha value is -1.62. The number of nitrogens with zero attached hydrogens (tertiary/aromatic N) is 1. The van der Waals surface area contributed by atoms with Gasteiger partial charge >= 0.3 is 6.03 Å². The summed E-state index contributed by atoms with van der Waals surface area (Å²) in [5.74, 6) is 0.575. The maximum Gasteiger partial charge on any atom is 0.320 e. The van der Waals surface area contributed by atoms with E-state index in [2.05, 4.69) is 15.6 Å². The Balaban J connectivity index is 1.67. The van der Waals surface area contributed by atoms with Crippen LogP contribution in [-0.2, 0) is 4.74 Å². The SMILES string of the molecule is Cc1ccnc(NC(=O)NCC[C@H]2CCCCO2)c1. The molecule has 2 amide bonds. The number of aryl methyl sites for hydroxylation is 1. The molecule has 5 nitrogen and oxygen atoms in total. The van der Waals surface area contributed by atoms with E-state index in [0.717, 1.165) is 31.4 Å². The summed E-state index contributed by atoms with van der Waals surface area (Å²) in [4.78, 5) is 15.7. The number of amides is 2. The first kappa shape index (κ1) is 13.8. The van der Waals surface area contributed by atoms with E-state index in [0.29, 0.717) is 18.5 Å². The van der Waals surface area contributed by atoms with Gasteiger partial charge in [-0.05, 0) is 50.3 Å². The van der Waals surface area contributed by atoms with Crippen LogP contribution in [0.5, 0.6) is 0 Å². The van der Waals surface area contributed by atoms with Crippen LogP contribution in [0.25, 0.3) is 0 Å². The minimum absolute atomic E-state index is 0.214. The molecule has 1 saturated heterocycles. The van der Waals surface area contributed by atoms with E-state index in [-0.39, 0.29) is 6.03 Å². The lowest BCUT2D eigenvalue weighted by Gasteiger charge is -2.22. The predicted molar refractivity (Wildman–Crippen MR) is 74.2 cm³/mol. The van der Waals surface area contributed by atoms with Crippen LogP contribution >= 0.6 is 0 Å². The van der Waals surface area contributed by atoms with Crippen LogP contribution in [0.15, 0.2) is 18.3 Å². The summed E-state index contributed by atoms with van der Waals surface area (Å²) in [6.07, 6.45) is 6.33. The Morgan fingerprint density at radius 2 is 2.42 bits per heavy atom. The highest BCUT2D eigenvalue weighted by atomic mass is 16.5. The largest absolute Gasteiger partial charge is 0.378 e. The molecule has 0 aliphatic carbocycles. The van der Waals surface area contributed by atoms with Crippen LogP contribution in [0.2, 0.25) is 0 Å². The van der Waals surface area contributed by atoms with Crippen molar-refractivity contribution in [3.05, 3.63) is 23.9 Å². The number of aromatic nitrogens is 1. The molecule has 0 bridgehead atoms. The summed E-state index contributed by atoms with van der Waals surface area (Å²) < 4.78 is 5.61. The molecular formula is C14H21N3O2. The number of pyridine rings is 1. The summed E-state index contributed by atoms with van der Waals surface area (Å²) in [6.45, 7) is 3.44. The smallest absolute Gasteiger partial charge is 0.320 e. The van der Waals surface area contributed by atoms with Crippen molar-refractivity contribution in [2.45, 2.75) is 38.7 Å². The molecule has 0 spiro atoms. The molecule has 0 aromatic carbocycles. The second kappa shape index (κ2) is 7.09. The number of nitrogens with one attached hydrogen (secondary N) is 2. The second-order valence-corrected chi connectivity index (χ2v) is 4.88. The van der Waals surface area contributed by atoms with Gasteiger partial charge in [-0.3, -0.25) is 5.32 Å². The van der Waals surface area contributed by atoms with E-state index >= 15 is 0 Å². The first-order valence-corrected chi connectivity index (χ1v) is 6.83. The summed E-state index contributed by atoms with van der Waals surface area (Å²) in [7, 11) is 0. The zero-order chi connectivity index (χ0) is 13.5. The fourth-order valence-corrected chi connectivity index (χ4v) is 2.15. The number of hydrogen-bond donors (Lipinski definition) is 2. The molecule has 5 heteroatoms. The zero-order valence-corrected chi connectivity index (χ0v) is 11.3. The Kier molecular flexibility index (Phi) is 5.15. The van der Waals surface area contributed by atoms with Crippen molar-refractivity contribution in [1.82, 2.24) is 10.3 Å². The number of rotatable bonds is 4. The Morgan fingerprint density at radius 3 is 3.16 bits per heavy atom. The van der Waals surface area contributed by atoms with E-state index in [9.17, 15) is 4.79 Å². The van der Waals surface area contributed by atoms with Crippen LogP contribution in [-0.4, -0.2) is 30.3 Å². The van der Waals surface area contributed by atoms with Crippen molar-refractivity contribution in [3.63, 3.8) is 0 Å². The Bertz CT molecular complexity index is 417. The van der Waals surface area contributed by atoms with Gasteiger partial charge in [0.1, 0.15) is 5.82 Å². The molecule has 0 unspecified atom stereocenters. The van der Waals surface area contributed by atoms with Gasteiger partial charge in [0.05, 0.1) is 6.10 Å². The Morgan fingerprint density at radius 1 is 1.53 bits per heavy atom. The predicted octanol–water partition coefficient (Wildman–Crippen LogP) is 2.47. The van der Waals surface area contributed by atoms with Gasteiger partial charge < -0.3 is 10.1 Å². The highest BCUT2D eigenvalue weighted by Crippen LogP contribution is 2.14. The van der Waals surface area contributed by atoms with Crippen molar-refractivity contribution in [2.24, 2.45) is 0 Å². The van der Waals surface area contributed by atoms with Crippen molar-refractivity contribution in [3.8, 4) is 0 Å². The van der Waals surface area contributed by atoms with Gasteiger partial charge in [-0.25, -0.2) is 9.78 Å². The molecule has 104 valence electrons. The minimum Gasteiger partial charge on any atom is -0.378 e. The first-order chi connectivity index (χ1) is 9.24. The van der Waals surface area contributed by atoms with Crippen molar-refractivity contribution in [1.29, 1.82) is 0 Å². The van der Waals surface area contributed by atoms with E-state index < -0.39 is 0 Å². The van der Waals surface area contributed by atoms with Gasteiger partial charge in [-0.2, -0.15) is 0 Å². The third-order valence-corrected chi connectivity index (χ3v) is 3.18. The van der Waals surface area contributed by atoms with Crippen LogP contribution in [0.1, 0.15) is 31.2 Å². The first-order valence-electron chi connectivity index (χ1n) is 6.83. The van der Waals surface area contributed by atoms with Gasteiger partial charge in [0.25, 0.3) is 0 Å². The van der Waals surface area contributed by atoms with Gasteiger partial charge in [0.15, 0.2) is 0 Å². The highest BCUT2D eigenvalue weighted by Gasteiger charge is 2.13. The third kappa shape index (κ3) is 4.87. The van der Waals surface area contributed by atoms with Crippen molar-refractivity contribution >= 4 is 11.8 Å². The molecule has 2 heterocycles. The van der Waals surface area contributed by atoms with Gasteiger partial charge in [-0.15, -0.1) is 0 Å². The van der Waals surface area contributed by atoms with Gasteiger partial charge in [0, 0.05) is 19.3 Å². The van der Waals surface area contributed by atoms with Crippen molar-refractivity contribution in [2.75, 3.05) is 18.5 Å². The number of anilines is 1. The van der Waals surface area contributed by atoms with E-state index in [1.165, 1.54) is 6.42 Å². The standard InChI is InChI=1S/C14H21N3O2/c1-11-5-7-15-13(10-11)17-14(18)16-8-6-12-4-2-3-9-19-12/h5,7,10,12H,2-4,6,8-9H2,1H3,(H2,15,16,17,18)/t12-/m1/s1. The Labute approximate surface area is 113 Å². The lowest BCUT2D eigenvalue weighted by atomic mass is 10.1. The molecule has 0 saturated carbocycles. The molecule has 1 aromatic heterocycles. The molecule has 1 atom stereocenters. The quantitative estimate of drug-likeness (QED) is 0.877. The fourth-order valence-electron chi connectivity index (χ4n) is 2.15. The topological polar surface area (TPSA) is 63.2 Å². The number of hydrogen-bond acceptors (Lipinski definition) is 3. The van der Waals surface area contributed by atoms with Crippen LogP contribution in [0.4, 0.5) is 10.6 Å². The fraction of sp³-hybridized carbons (Fsp3) is 0.571. The molecule has 2 N–H and O–H groups in total. The summed E-state index contributed by atoms with van der Waals surface area (Å²) >= 11 is 0. The molecule has 1 aliphatic rings. The molecule has 1 aliphatic heterocycles. The van der Waals surface area contributed by atoms with E-state index in [1.807, 2.05) is 19.1 Å². The monoisotopic (exact) mass is 263 g/mol. The molecule has 0 radical (unpaired) electrons. The lowest BCUT2D eigenvalue weighted by molar-refractivity contribution is 0.0120. The minimum atomic E-state index is -0.214. The molecule has 19 heavy (non-hydrogen) atoms. The van der Waals surface area contributed by atoms with Crippen LogP contribution in [0, 0.1) is 6.92 Å². The number of ether oxygens (including phenoxy) is 1. The molecule has 1 fully saturated rings.